The Bertz CT molecular complexity index is 565. The standard InChI is InChI=1S/C11H11ClN4O2/c1-3-18-11(17)8-6-13-16(7(8)2)10-5-4-9(12)14-15-10/h4-6H,3H2,1-2H3. The van der Waals surface area contributed by atoms with Crippen LogP contribution in [0.1, 0.15) is 23.0 Å². The minimum absolute atomic E-state index is 0.300. The molecule has 0 spiro atoms. The lowest BCUT2D eigenvalue weighted by Gasteiger charge is -2.03. The molecule has 0 saturated heterocycles. The first-order valence-electron chi connectivity index (χ1n) is 5.34. The second kappa shape index (κ2) is 5.14. The highest BCUT2D eigenvalue weighted by Gasteiger charge is 2.16. The second-order valence-corrected chi connectivity index (χ2v) is 3.88. The average molecular weight is 267 g/mol. The fraction of sp³-hybridized carbons (Fsp3) is 0.273. The third kappa shape index (κ3) is 2.33. The summed E-state index contributed by atoms with van der Waals surface area (Å²) < 4.78 is 6.44. The summed E-state index contributed by atoms with van der Waals surface area (Å²) in [5.41, 5.74) is 1.05. The second-order valence-electron chi connectivity index (χ2n) is 3.49. The van der Waals surface area contributed by atoms with Gasteiger partial charge in [0.15, 0.2) is 11.0 Å². The molecule has 0 N–H and O–H groups in total. The van der Waals surface area contributed by atoms with Crippen LogP contribution in [0.5, 0.6) is 0 Å². The van der Waals surface area contributed by atoms with Crippen molar-refractivity contribution in [3.8, 4) is 5.82 Å². The maximum Gasteiger partial charge on any atom is 0.341 e. The van der Waals surface area contributed by atoms with Crippen LogP contribution in [0.4, 0.5) is 0 Å². The number of aromatic nitrogens is 4. The minimum Gasteiger partial charge on any atom is -0.462 e. The molecule has 2 aromatic heterocycles. The average Bonchev–Trinajstić information content (AvgIpc) is 2.73. The van der Waals surface area contributed by atoms with Crippen molar-refractivity contribution in [2.45, 2.75) is 13.8 Å². The summed E-state index contributed by atoms with van der Waals surface area (Å²) in [6.45, 7) is 3.84. The van der Waals surface area contributed by atoms with Crippen molar-refractivity contribution in [3.63, 3.8) is 0 Å². The van der Waals surface area contributed by atoms with Crippen LogP contribution in [0.25, 0.3) is 5.82 Å². The molecule has 7 heteroatoms. The molecule has 0 saturated carbocycles. The van der Waals surface area contributed by atoms with E-state index in [1.54, 1.807) is 26.0 Å². The van der Waals surface area contributed by atoms with Crippen LogP contribution in [0.3, 0.4) is 0 Å². The topological polar surface area (TPSA) is 69.9 Å². The third-order valence-corrected chi connectivity index (χ3v) is 2.54. The van der Waals surface area contributed by atoms with E-state index in [-0.39, 0.29) is 0 Å². The van der Waals surface area contributed by atoms with Gasteiger partial charge in [-0.25, -0.2) is 9.48 Å². The van der Waals surface area contributed by atoms with Crippen LogP contribution in [0, 0.1) is 6.92 Å². The monoisotopic (exact) mass is 266 g/mol. The molecule has 0 aliphatic rings. The largest absolute Gasteiger partial charge is 0.462 e. The van der Waals surface area contributed by atoms with Gasteiger partial charge in [0.25, 0.3) is 0 Å². The Hall–Kier alpha value is -1.95. The number of esters is 1. The molecule has 0 aromatic carbocycles. The number of nitrogens with zero attached hydrogens (tertiary/aromatic N) is 4. The van der Waals surface area contributed by atoms with E-state index in [0.717, 1.165) is 0 Å². The van der Waals surface area contributed by atoms with Crippen molar-refractivity contribution in [2.75, 3.05) is 6.61 Å². The number of rotatable bonds is 3. The zero-order chi connectivity index (χ0) is 13.1. The van der Waals surface area contributed by atoms with E-state index in [1.807, 2.05) is 0 Å². The molecule has 0 aliphatic heterocycles. The first-order valence-corrected chi connectivity index (χ1v) is 5.72. The van der Waals surface area contributed by atoms with Crippen molar-refractivity contribution in [1.29, 1.82) is 0 Å². The molecule has 0 amide bonds. The van der Waals surface area contributed by atoms with Gasteiger partial charge < -0.3 is 4.74 Å². The molecule has 2 heterocycles. The quantitative estimate of drug-likeness (QED) is 0.793. The summed E-state index contributed by atoms with van der Waals surface area (Å²) in [6.07, 6.45) is 1.45. The number of hydrogen-bond acceptors (Lipinski definition) is 5. The molecule has 6 nitrogen and oxygen atoms in total. The van der Waals surface area contributed by atoms with Crippen LogP contribution in [0.2, 0.25) is 5.15 Å². The Kier molecular flexibility index (Phi) is 3.57. The van der Waals surface area contributed by atoms with Crippen LogP contribution in [-0.4, -0.2) is 32.6 Å². The van der Waals surface area contributed by atoms with Gasteiger partial charge in [0.2, 0.25) is 0 Å². The summed E-state index contributed by atoms with van der Waals surface area (Å²) in [5.74, 6) is 0.0932. The lowest BCUT2D eigenvalue weighted by atomic mass is 10.2. The van der Waals surface area contributed by atoms with Gasteiger partial charge in [0, 0.05) is 0 Å². The molecule has 0 aliphatic carbocycles. The number of hydrogen-bond donors (Lipinski definition) is 0. The number of carbonyl (C=O) groups is 1. The Morgan fingerprint density at radius 2 is 2.22 bits per heavy atom. The molecule has 0 unspecified atom stereocenters. The molecule has 0 atom stereocenters. The lowest BCUT2D eigenvalue weighted by molar-refractivity contribution is 0.0525. The van der Waals surface area contributed by atoms with Gasteiger partial charge in [-0.2, -0.15) is 5.10 Å². The van der Waals surface area contributed by atoms with Crippen LogP contribution >= 0.6 is 11.6 Å². The van der Waals surface area contributed by atoms with Gasteiger partial charge in [0.05, 0.1) is 18.5 Å². The first-order chi connectivity index (χ1) is 8.63. The summed E-state index contributed by atoms with van der Waals surface area (Å²) in [4.78, 5) is 11.6. The fourth-order valence-corrected chi connectivity index (χ4v) is 1.57. The van der Waals surface area contributed by atoms with Crippen LogP contribution < -0.4 is 0 Å². The summed E-state index contributed by atoms with van der Waals surface area (Å²) in [7, 11) is 0. The Labute approximate surface area is 109 Å². The van der Waals surface area contributed by atoms with E-state index in [4.69, 9.17) is 16.3 Å². The molecule has 2 rings (SSSR count). The number of halogens is 1. The van der Waals surface area contributed by atoms with Crippen LogP contribution in [-0.2, 0) is 4.74 Å². The van der Waals surface area contributed by atoms with Crippen molar-refractivity contribution >= 4 is 17.6 Å². The van der Waals surface area contributed by atoms with Gasteiger partial charge in [-0.15, -0.1) is 10.2 Å². The number of ether oxygens (including phenoxy) is 1. The maximum atomic E-state index is 11.6. The summed E-state index contributed by atoms with van der Waals surface area (Å²) >= 11 is 5.66. The lowest BCUT2D eigenvalue weighted by Crippen LogP contribution is -2.07. The highest BCUT2D eigenvalue weighted by atomic mass is 35.5. The maximum absolute atomic E-state index is 11.6. The van der Waals surface area contributed by atoms with Crippen molar-refractivity contribution in [3.05, 3.63) is 34.7 Å². The van der Waals surface area contributed by atoms with Gasteiger partial charge in [0.1, 0.15) is 5.56 Å². The normalized spacial score (nSPS) is 10.4. The molecular weight excluding hydrogens is 256 g/mol. The highest BCUT2D eigenvalue weighted by Crippen LogP contribution is 2.14. The Morgan fingerprint density at radius 3 is 2.83 bits per heavy atom. The predicted molar refractivity (Wildman–Crippen MR) is 64.9 cm³/mol. The zero-order valence-corrected chi connectivity index (χ0v) is 10.7. The Balaban J connectivity index is 2.36. The van der Waals surface area contributed by atoms with E-state index < -0.39 is 5.97 Å². The molecular formula is C11H11ClN4O2. The third-order valence-electron chi connectivity index (χ3n) is 2.34. The molecule has 0 fully saturated rings. The molecule has 2 aromatic rings. The van der Waals surface area contributed by atoms with Gasteiger partial charge >= 0.3 is 5.97 Å². The smallest absolute Gasteiger partial charge is 0.341 e. The van der Waals surface area contributed by atoms with E-state index in [2.05, 4.69) is 15.3 Å². The van der Waals surface area contributed by atoms with Gasteiger partial charge in [-0.05, 0) is 26.0 Å². The molecule has 18 heavy (non-hydrogen) atoms. The van der Waals surface area contributed by atoms with E-state index in [9.17, 15) is 4.79 Å². The van der Waals surface area contributed by atoms with Gasteiger partial charge in [-0.1, -0.05) is 11.6 Å². The Morgan fingerprint density at radius 1 is 1.44 bits per heavy atom. The predicted octanol–water partition coefficient (Wildman–Crippen LogP) is 1.80. The van der Waals surface area contributed by atoms with Crippen molar-refractivity contribution in [2.24, 2.45) is 0 Å². The number of carbonyl (C=O) groups excluding carboxylic acids is 1. The zero-order valence-electron chi connectivity index (χ0n) is 9.92. The molecule has 94 valence electrons. The molecule has 0 radical (unpaired) electrons. The highest BCUT2D eigenvalue weighted by molar-refractivity contribution is 6.29. The summed E-state index contributed by atoms with van der Waals surface area (Å²) in [6, 6.07) is 3.28. The van der Waals surface area contributed by atoms with E-state index in [1.165, 1.54) is 10.9 Å². The van der Waals surface area contributed by atoms with Crippen molar-refractivity contribution in [1.82, 2.24) is 20.0 Å². The van der Waals surface area contributed by atoms with Gasteiger partial charge in [-0.3, -0.25) is 0 Å². The first kappa shape index (κ1) is 12.5. The van der Waals surface area contributed by atoms with E-state index >= 15 is 0 Å². The molecule has 0 bridgehead atoms. The van der Waals surface area contributed by atoms with Crippen LogP contribution in [0.15, 0.2) is 18.3 Å². The van der Waals surface area contributed by atoms with E-state index in [0.29, 0.717) is 28.8 Å². The van der Waals surface area contributed by atoms with Crippen molar-refractivity contribution < 1.29 is 9.53 Å². The fourth-order valence-electron chi connectivity index (χ4n) is 1.47. The minimum atomic E-state index is -0.400. The SMILES string of the molecule is CCOC(=O)c1cnn(-c2ccc(Cl)nn2)c1C. The summed E-state index contributed by atoms with van der Waals surface area (Å²) in [5, 5.41) is 12.0.